The lowest BCUT2D eigenvalue weighted by atomic mass is 10.2. The van der Waals surface area contributed by atoms with E-state index in [1.54, 1.807) is 10.9 Å². The topological polar surface area (TPSA) is 130 Å². The van der Waals surface area contributed by atoms with Crippen molar-refractivity contribution in [3.8, 4) is 0 Å². The van der Waals surface area contributed by atoms with E-state index in [0.717, 1.165) is 4.31 Å². The van der Waals surface area contributed by atoms with Crippen molar-refractivity contribution < 1.29 is 21.6 Å². The minimum atomic E-state index is -3.82. The predicted molar refractivity (Wildman–Crippen MR) is 87.3 cm³/mol. The number of aryl methyl sites for hydroxylation is 1. The molecule has 10 nitrogen and oxygen atoms in total. The summed E-state index contributed by atoms with van der Waals surface area (Å²) >= 11 is 0. The maximum absolute atomic E-state index is 12.2. The van der Waals surface area contributed by atoms with Crippen LogP contribution in [0.15, 0.2) is 12.3 Å². The van der Waals surface area contributed by atoms with Crippen molar-refractivity contribution in [1.82, 2.24) is 24.1 Å². The van der Waals surface area contributed by atoms with E-state index in [2.05, 4.69) is 15.1 Å². The third kappa shape index (κ3) is 4.32. The summed E-state index contributed by atoms with van der Waals surface area (Å²) in [5.74, 6) is -1.24. The van der Waals surface area contributed by atoms with Gasteiger partial charge < -0.3 is 5.32 Å². The summed E-state index contributed by atoms with van der Waals surface area (Å²) in [6.07, 6.45) is 1.63. The molecule has 1 aliphatic rings. The number of hydrogen-bond acceptors (Lipinski definition) is 6. The Balaban J connectivity index is 2.15. The molecule has 1 saturated heterocycles. The zero-order chi connectivity index (χ0) is 18.1. The van der Waals surface area contributed by atoms with Crippen molar-refractivity contribution in [2.45, 2.75) is 25.6 Å². The molecule has 0 unspecified atom stereocenters. The van der Waals surface area contributed by atoms with Gasteiger partial charge in [-0.25, -0.2) is 8.42 Å². The summed E-state index contributed by atoms with van der Waals surface area (Å²) in [6, 6.07) is -0.273. The molecule has 1 fully saturated rings. The van der Waals surface area contributed by atoms with Gasteiger partial charge in [-0.2, -0.15) is 22.5 Å². The van der Waals surface area contributed by atoms with Crippen molar-refractivity contribution in [3.05, 3.63) is 18.0 Å². The number of carbonyl (C=O) groups is 1. The Morgan fingerprint density at radius 2 is 2.00 bits per heavy atom. The first-order valence-corrected chi connectivity index (χ1v) is 10.5. The fourth-order valence-corrected chi connectivity index (χ4v) is 5.11. The summed E-state index contributed by atoms with van der Waals surface area (Å²) in [7, 11) is -4.61. The van der Waals surface area contributed by atoms with Crippen LogP contribution in [-0.4, -0.2) is 74.5 Å². The molecule has 0 bridgehead atoms. The molecule has 1 aromatic rings. The molecule has 2 rings (SSSR count). The quantitative estimate of drug-likeness (QED) is 0.599. The lowest BCUT2D eigenvalue weighted by Gasteiger charge is -2.22. The van der Waals surface area contributed by atoms with Gasteiger partial charge in [0.15, 0.2) is 9.84 Å². The largest absolute Gasteiger partial charge is 0.345 e. The Morgan fingerprint density at radius 3 is 2.54 bits per heavy atom. The zero-order valence-corrected chi connectivity index (χ0v) is 15.3. The van der Waals surface area contributed by atoms with Crippen LogP contribution >= 0.6 is 0 Å². The molecule has 2 N–H and O–H groups in total. The van der Waals surface area contributed by atoms with E-state index >= 15 is 0 Å². The minimum Gasteiger partial charge on any atom is -0.345 e. The SMILES string of the molecule is CCn1ccc(C(=O)N[C@@H]2CS(=O)(=O)C[C@H]2NS(=O)(=O)N(C)C)n1. The van der Waals surface area contributed by atoms with Gasteiger partial charge in [-0.3, -0.25) is 9.48 Å². The summed E-state index contributed by atoms with van der Waals surface area (Å²) in [6.45, 7) is 2.46. The van der Waals surface area contributed by atoms with Crippen molar-refractivity contribution in [3.63, 3.8) is 0 Å². The van der Waals surface area contributed by atoms with Gasteiger partial charge in [0.05, 0.1) is 23.6 Å². The Morgan fingerprint density at radius 1 is 1.38 bits per heavy atom. The Hall–Kier alpha value is -1.50. The Bertz CT molecular complexity index is 815. The second-order valence-corrected chi connectivity index (χ2v) is 9.80. The molecule has 0 saturated carbocycles. The fraction of sp³-hybridized carbons (Fsp3) is 0.667. The monoisotopic (exact) mass is 379 g/mol. The smallest absolute Gasteiger partial charge is 0.279 e. The van der Waals surface area contributed by atoms with E-state index in [4.69, 9.17) is 0 Å². The molecule has 1 amide bonds. The van der Waals surface area contributed by atoms with Crippen LogP contribution in [0.1, 0.15) is 17.4 Å². The number of carbonyl (C=O) groups excluding carboxylic acids is 1. The van der Waals surface area contributed by atoms with Crippen molar-refractivity contribution in [1.29, 1.82) is 0 Å². The predicted octanol–water partition coefficient (Wildman–Crippen LogP) is -1.81. The van der Waals surface area contributed by atoms with E-state index in [1.165, 1.54) is 20.2 Å². The normalized spacial score (nSPS) is 23.5. The highest BCUT2D eigenvalue weighted by Crippen LogP contribution is 2.15. The maximum atomic E-state index is 12.2. The summed E-state index contributed by atoms with van der Waals surface area (Å²) < 4.78 is 52.4. The van der Waals surface area contributed by atoms with Crippen LogP contribution in [0.3, 0.4) is 0 Å². The highest BCUT2D eigenvalue weighted by Gasteiger charge is 2.41. The van der Waals surface area contributed by atoms with Crippen LogP contribution < -0.4 is 10.0 Å². The lowest BCUT2D eigenvalue weighted by Crippen LogP contribution is -2.53. The van der Waals surface area contributed by atoms with Crippen LogP contribution in [-0.2, 0) is 26.6 Å². The van der Waals surface area contributed by atoms with Gasteiger partial charge in [-0.15, -0.1) is 0 Å². The van der Waals surface area contributed by atoms with Gasteiger partial charge >= 0.3 is 0 Å². The fourth-order valence-electron chi connectivity index (χ4n) is 2.30. The highest BCUT2D eigenvalue weighted by atomic mass is 32.2. The molecule has 0 radical (unpaired) electrons. The maximum Gasteiger partial charge on any atom is 0.279 e. The summed E-state index contributed by atoms with van der Waals surface area (Å²) in [4.78, 5) is 12.2. The number of sulfone groups is 1. The van der Waals surface area contributed by atoms with E-state index in [1.807, 2.05) is 6.92 Å². The van der Waals surface area contributed by atoms with E-state index in [-0.39, 0.29) is 17.2 Å². The van der Waals surface area contributed by atoms with Crippen molar-refractivity contribution in [2.24, 2.45) is 0 Å². The number of nitrogens with one attached hydrogen (secondary N) is 2. The minimum absolute atomic E-state index is 0.148. The molecular formula is C12H21N5O5S2. The van der Waals surface area contributed by atoms with Crippen LogP contribution in [0.5, 0.6) is 0 Å². The molecule has 1 aliphatic heterocycles. The van der Waals surface area contributed by atoms with Gasteiger partial charge in [0.1, 0.15) is 5.69 Å². The molecule has 136 valence electrons. The molecule has 0 aromatic carbocycles. The van der Waals surface area contributed by atoms with Gasteiger partial charge in [-0.05, 0) is 13.0 Å². The standard InChI is InChI=1S/C12H21N5O5S2/c1-4-17-6-5-9(14-17)12(18)13-10-7-23(19,20)8-11(10)15-24(21,22)16(2)3/h5-6,10-11,15H,4,7-8H2,1-3H3,(H,13,18)/t10-,11-/m1/s1. The number of aromatic nitrogens is 2. The van der Waals surface area contributed by atoms with E-state index < -0.39 is 38.0 Å². The Kier molecular flexibility index (Phi) is 5.32. The number of hydrogen-bond donors (Lipinski definition) is 2. The zero-order valence-electron chi connectivity index (χ0n) is 13.6. The molecule has 12 heteroatoms. The van der Waals surface area contributed by atoms with E-state index in [9.17, 15) is 21.6 Å². The third-order valence-electron chi connectivity index (χ3n) is 3.65. The van der Waals surface area contributed by atoms with Gasteiger partial charge in [-0.1, -0.05) is 0 Å². The second kappa shape index (κ2) is 6.78. The van der Waals surface area contributed by atoms with Crippen molar-refractivity contribution in [2.75, 3.05) is 25.6 Å². The molecule has 0 spiro atoms. The average molecular weight is 379 g/mol. The summed E-state index contributed by atoms with van der Waals surface area (Å²) in [5.41, 5.74) is 0.148. The van der Waals surface area contributed by atoms with Gasteiger partial charge in [0.25, 0.3) is 16.1 Å². The van der Waals surface area contributed by atoms with Gasteiger partial charge in [0, 0.05) is 26.8 Å². The summed E-state index contributed by atoms with van der Waals surface area (Å²) in [5, 5.41) is 6.60. The highest BCUT2D eigenvalue weighted by molar-refractivity contribution is 7.92. The van der Waals surface area contributed by atoms with Crippen LogP contribution in [0.25, 0.3) is 0 Å². The second-order valence-electron chi connectivity index (χ2n) is 5.73. The number of amides is 1. The first kappa shape index (κ1) is 18.8. The molecule has 24 heavy (non-hydrogen) atoms. The van der Waals surface area contributed by atoms with Crippen molar-refractivity contribution >= 4 is 26.0 Å². The first-order valence-electron chi connectivity index (χ1n) is 7.28. The number of nitrogens with zero attached hydrogens (tertiary/aromatic N) is 3. The van der Waals surface area contributed by atoms with Crippen LogP contribution in [0.4, 0.5) is 0 Å². The first-order chi connectivity index (χ1) is 11.0. The van der Waals surface area contributed by atoms with E-state index in [0.29, 0.717) is 6.54 Å². The average Bonchev–Trinajstić information content (AvgIpc) is 3.03. The third-order valence-corrected chi connectivity index (χ3v) is 6.94. The molecule has 2 atom stereocenters. The molecule has 1 aromatic heterocycles. The number of rotatable bonds is 6. The van der Waals surface area contributed by atoms with Crippen LogP contribution in [0.2, 0.25) is 0 Å². The molecule has 2 heterocycles. The lowest BCUT2D eigenvalue weighted by molar-refractivity contribution is 0.0931. The van der Waals surface area contributed by atoms with Gasteiger partial charge in [0.2, 0.25) is 0 Å². The molecule has 0 aliphatic carbocycles. The molecular weight excluding hydrogens is 358 g/mol. The van der Waals surface area contributed by atoms with Crippen LogP contribution in [0, 0.1) is 0 Å². The Labute approximate surface area is 141 Å².